The first kappa shape index (κ1) is 13.4. The van der Waals surface area contributed by atoms with Crippen molar-refractivity contribution in [1.29, 1.82) is 0 Å². The van der Waals surface area contributed by atoms with E-state index in [4.69, 9.17) is 12.2 Å². The molecule has 20 heavy (non-hydrogen) atoms. The van der Waals surface area contributed by atoms with E-state index in [2.05, 4.69) is 11.2 Å². The summed E-state index contributed by atoms with van der Waals surface area (Å²) in [6.07, 6.45) is 5.30. The number of amides is 2. The Labute approximate surface area is 116 Å². The van der Waals surface area contributed by atoms with E-state index in [9.17, 15) is 9.59 Å². The Kier molecular flexibility index (Phi) is 3.82. The first-order chi connectivity index (χ1) is 9.60. The third-order valence-electron chi connectivity index (χ3n) is 2.72. The van der Waals surface area contributed by atoms with E-state index < -0.39 is 5.91 Å². The molecule has 0 aliphatic heterocycles. The van der Waals surface area contributed by atoms with Gasteiger partial charge in [0.05, 0.1) is 0 Å². The van der Waals surface area contributed by atoms with Gasteiger partial charge in [-0.05, 0) is 42.5 Å². The van der Waals surface area contributed by atoms with Crippen molar-refractivity contribution in [2.75, 3.05) is 5.32 Å². The maximum Gasteiger partial charge on any atom is 0.255 e. The molecule has 0 aliphatic carbocycles. The summed E-state index contributed by atoms with van der Waals surface area (Å²) < 4.78 is 0. The maximum absolute atomic E-state index is 12.0. The van der Waals surface area contributed by atoms with Crippen LogP contribution in [0.4, 0.5) is 5.69 Å². The summed E-state index contributed by atoms with van der Waals surface area (Å²) in [7, 11) is 0. The molecule has 0 spiro atoms. The first-order valence-corrected chi connectivity index (χ1v) is 5.88. The van der Waals surface area contributed by atoms with Gasteiger partial charge in [0.25, 0.3) is 5.91 Å². The minimum atomic E-state index is -0.529. The molecule has 4 nitrogen and oxygen atoms in total. The molecular formula is C16H12N2O2. The third kappa shape index (κ3) is 3.03. The number of nitrogens with one attached hydrogen (secondary N) is 1. The molecule has 2 aromatic carbocycles. The van der Waals surface area contributed by atoms with Gasteiger partial charge in [-0.1, -0.05) is 12.0 Å². The molecule has 2 aromatic rings. The second kappa shape index (κ2) is 5.72. The van der Waals surface area contributed by atoms with Crippen LogP contribution in [0.1, 0.15) is 26.3 Å². The van der Waals surface area contributed by atoms with Crippen molar-refractivity contribution in [2.45, 2.75) is 0 Å². The highest BCUT2D eigenvalue weighted by molar-refractivity contribution is 6.05. The highest BCUT2D eigenvalue weighted by Crippen LogP contribution is 2.12. The lowest BCUT2D eigenvalue weighted by atomic mass is 10.1. The smallest absolute Gasteiger partial charge is 0.255 e. The van der Waals surface area contributed by atoms with Gasteiger partial charge in [-0.25, -0.2) is 0 Å². The molecular weight excluding hydrogens is 252 g/mol. The summed E-state index contributed by atoms with van der Waals surface area (Å²) in [5.41, 5.74) is 7.23. The van der Waals surface area contributed by atoms with Gasteiger partial charge >= 0.3 is 0 Å². The van der Waals surface area contributed by atoms with Crippen LogP contribution in [-0.4, -0.2) is 11.8 Å². The lowest BCUT2D eigenvalue weighted by molar-refractivity contribution is 0.0995. The molecule has 0 aliphatic rings. The van der Waals surface area contributed by atoms with Crippen LogP contribution in [0, 0.1) is 12.3 Å². The third-order valence-corrected chi connectivity index (χ3v) is 2.72. The summed E-state index contributed by atoms with van der Waals surface area (Å²) >= 11 is 0. The lowest BCUT2D eigenvalue weighted by Crippen LogP contribution is -2.14. The molecule has 0 heterocycles. The number of hydrogen-bond donors (Lipinski definition) is 2. The Hall–Kier alpha value is -3.06. The number of carbonyl (C=O) groups is 2. The lowest BCUT2D eigenvalue weighted by Gasteiger charge is -2.06. The van der Waals surface area contributed by atoms with Gasteiger partial charge in [0.2, 0.25) is 5.91 Å². The summed E-state index contributed by atoms with van der Waals surface area (Å²) in [4.78, 5) is 23.0. The molecule has 2 rings (SSSR count). The highest BCUT2D eigenvalue weighted by Gasteiger charge is 2.07. The van der Waals surface area contributed by atoms with Gasteiger partial charge in [0.1, 0.15) is 0 Å². The molecule has 0 saturated heterocycles. The Bertz CT molecular complexity index is 697. The fourth-order valence-electron chi connectivity index (χ4n) is 1.68. The van der Waals surface area contributed by atoms with Crippen LogP contribution in [0.15, 0.2) is 48.5 Å². The van der Waals surface area contributed by atoms with Crippen molar-refractivity contribution in [3.05, 3.63) is 65.2 Å². The van der Waals surface area contributed by atoms with Crippen LogP contribution >= 0.6 is 0 Å². The molecule has 0 unspecified atom stereocenters. The van der Waals surface area contributed by atoms with Crippen LogP contribution in [0.2, 0.25) is 0 Å². The van der Waals surface area contributed by atoms with E-state index in [1.165, 1.54) is 12.1 Å². The molecule has 0 aromatic heterocycles. The predicted molar refractivity (Wildman–Crippen MR) is 77.3 cm³/mol. The summed E-state index contributed by atoms with van der Waals surface area (Å²) in [6, 6.07) is 13.1. The fourth-order valence-corrected chi connectivity index (χ4v) is 1.68. The van der Waals surface area contributed by atoms with Crippen LogP contribution in [-0.2, 0) is 0 Å². The van der Waals surface area contributed by atoms with Crippen molar-refractivity contribution >= 4 is 17.5 Å². The van der Waals surface area contributed by atoms with Crippen molar-refractivity contribution < 1.29 is 9.59 Å². The van der Waals surface area contributed by atoms with Crippen LogP contribution in [0.5, 0.6) is 0 Å². The van der Waals surface area contributed by atoms with Crippen molar-refractivity contribution in [3.63, 3.8) is 0 Å². The highest BCUT2D eigenvalue weighted by atomic mass is 16.2. The molecule has 0 atom stereocenters. The summed E-state index contributed by atoms with van der Waals surface area (Å²) in [6.45, 7) is 0. The zero-order valence-electron chi connectivity index (χ0n) is 10.6. The van der Waals surface area contributed by atoms with E-state index in [1.807, 2.05) is 0 Å². The molecule has 0 fully saturated rings. The van der Waals surface area contributed by atoms with Gasteiger partial charge in [0.15, 0.2) is 0 Å². The quantitative estimate of drug-likeness (QED) is 0.832. The number of rotatable bonds is 3. The second-order valence-corrected chi connectivity index (χ2v) is 4.12. The zero-order valence-corrected chi connectivity index (χ0v) is 10.6. The van der Waals surface area contributed by atoms with Crippen molar-refractivity contribution in [1.82, 2.24) is 0 Å². The summed E-state index contributed by atoms with van der Waals surface area (Å²) in [5, 5.41) is 2.73. The number of anilines is 1. The molecule has 4 heteroatoms. The number of terminal acetylenes is 1. The predicted octanol–water partition coefficient (Wildman–Crippen LogP) is 2.02. The van der Waals surface area contributed by atoms with E-state index in [0.717, 1.165) is 0 Å². The van der Waals surface area contributed by atoms with E-state index in [0.29, 0.717) is 22.4 Å². The van der Waals surface area contributed by atoms with Crippen LogP contribution in [0.25, 0.3) is 0 Å². The summed E-state index contributed by atoms with van der Waals surface area (Å²) in [5.74, 6) is 1.69. The van der Waals surface area contributed by atoms with Gasteiger partial charge in [-0.15, -0.1) is 6.42 Å². The molecule has 3 N–H and O–H groups in total. The van der Waals surface area contributed by atoms with Crippen LogP contribution < -0.4 is 11.1 Å². The zero-order chi connectivity index (χ0) is 14.5. The number of nitrogens with two attached hydrogens (primary N) is 1. The van der Waals surface area contributed by atoms with Crippen LogP contribution in [0.3, 0.4) is 0 Å². The molecule has 0 bridgehead atoms. The SMILES string of the molecule is C#Cc1cccc(NC(=O)c2ccc(C(N)=O)cc2)c1. The molecule has 0 radical (unpaired) electrons. The number of primary amides is 1. The van der Waals surface area contributed by atoms with Gasteiger partial charge in [-0.3, -0.25) is 9.59 Å². The standard InChI is InChI=1S/C16H12N2O2/c1-2-11-4-3-5-14(10-11)18-16(20)13-8-6-12(7-9-13)15(17)19/h1,3-10H,(H2,17,19)(H,18,20). The number of hydrogen-bond acceptors (Lipinski definition) is 2. The second-order valence-electron chi connectivity index (χ2n) is 4.12. The van der Waals surface area contributed by atoms with Gasteiger partial charge in [-0.2, -0.15) is 0 Å². The van der Waals surface area contributed by atoms with Crippen molar-refractivity contribution in [2.24, 2.45) is 5.73 Å². The molecule has 98 valence electrons. The minimum Gasteiger partial charge on any atom is -0.366 e. The van der Waals surface area contributed by atoms with Gasteiger partial charge in [0, 0.05) is 22.4 Å². The van der Waals surface area contributed by atoms with Gasteiger partial charge < -0.3 is 11.1 Å². The largest absolute Gasteiger partial charge is 0.366 e. The Balaban J connectivity index is 2.15. The van der Waals surface area contributed by atoms with E-state index in [-0.39, 0.29) is 5.91 Å². The van der Waals surface area contributed by atoms with E-state index >= 15 is 0 Å². The maximum atomic E-state index is 12.0. The Morgan fingerprint density at radius 2 is 1.70 bits per heavy atom. The Morgan fingerprint density at radius 3 is 2.30 bits per heavy atom. The fraction of sp³-hybridized carbons (Fsp3) is 0. The van der Waals surface area contributed by atoms with E-state index in [1.54, 1.807) is 36.4 Å². The number of carbonyl (C=O) groups excluding carboxylic acids is 2. The average molecular weight is 264 g/mol. The average Bonchev–Trinajstić information content (AvgIpc) is 2.47. The topological polar surface area (TPSA) is 72.2 Å². The molecule has 2 amide bonds. The monoisotopic (exact) mass is 264 g/mol. The number of benzene rings is 2. The normalized spacial score (nSPS) is 9.55. The minimum absolute atomic E-state index is 0.282. The molecule has 0 saturated carbocycles. The first-order valence-electron chi connectivity index (χ1n) is 5.88. The Morgan fingerprint density at radius 1 is 1.05 bits per heavy atom. The van der Waals surface area contributed by atoms with Crippen molar-refractivity contribution in [3.8, 4) is 12.3 Å².